The van der Waals surface area contributed by atoms with Crippen molar-refractivity contribution in [1.29, 1.82) is 0 Å². The van der Waals surface area contributed by atoms with Crippen LogP contribution in [0.2, 0.25) is 0 Å². The Morgan fingerprint density at radius 3 is 1.83 bits per heavy atom. The molecule has 0 bridgehead atoms. The maximum Gasteiger partial charge on any atom is 0.323 e. The Balaban J connectivity index is 0.000000198. The molecular formula is C46H51BrN8O3. The number of ether oxygens (including phenoxy) is 1. The van der Waals surface area contributed by atoms with Crippen LogP contribution in [0.3, 0.4) is 0 Å². The number of nitrogens with one attached hydrogen (secondary N) is 5. The van der Waals surface area contributed by atoms with E-state index in [-0.39, 0.29) is 12.1 Å². The van der Waals surface area contributed by atoms with E-state index in [0.29, 0.717) is 11.4 Å². The molecule has 4 amide bonds. The molecule has 0 atom stereocenters. The topological polar surface area (TPSA) is 119 Å². The predicted octanol–water partition coefficient (Wildman–Crippen LogP) is 10.7. The first-order valence-corrected chi connectivity index (χ1v) is 19.9. The summed E-state index contributed by atoms with van der Waals surface area (Å²) in [6.07, 6.45) is 6.12. The average Bonchev–Trinajstić information content (AvgIpc) is 3.75. The molecule has 0 saturated carbocycles. The van der Waals surface area contributed by atoms with Gasteiger partial charge in [0, 0.05) is 81.6 Å². The van der Waals surface area contributed by atoms with Gasteiger partial charge in [0.1, 0.15) is 11.5 Å². The first kappa shape index (κ1) is 41.6. The third-order valence-corrected chi connectivity index (χ3v) is 10.4. The lowest BCUT2D eigenvalue weighted by Crippen LogP contribution is -2.19. The van der Waals surface area contributed by atoms with Crippen molar-refractivity contribution in [3.8, 4) is 11.5 Å². The van der Waals surface area contributed by atoms with Crippen LogP contribution in [0.1, 0.15) is 16.7 Å². The fourth-order valence-electron chi connectivity index (χ4n) is 6.44. The number of benzene rings is 5. The van der Waals surface area contributed by atoms with Crippen molar-refractivity contribution in [2.45, 2.75) is 19.8 Å². The number of rotatable bonds is 12. The lowest BCUT2D eigenvalue weighted by atomic mass is 10.1. The molecule has 12 heteroatoms. The highest BCUT2D eigenvalue weighted by atomic mass is 79.9. The van der Waals surface area contributed by atoms with Crippen LogP contribution in [-0.2, 0) is 19.9 Å². The molecule has 58 heavy (non-hydrogen) atoms. The standard InChI is InChI=1S/C25H26N4O2.C21H25BrN4O/c1-29(2)15-14-18-17-26-24-13-10-20(16-23(18)24)28-25(30)27-19-8-11-22(12-9-19)31-21-6-4-3-5-7-21;1-14-11-16(5-7-19(14)22)23-21(27)24-17-6-8-20-18(12-17)15(13-26(20)4)9-10-25(2)3/h3-13,16-17,26H,14-15H2,1-2H3,(H2,27,28,30);5-8,11-13H,9-10H2,1-4H3,(H2,23,24,27). The minimum absolute atomic E-state index is 0.248. The summed E-state index contributed by atoms with van der Waals surface area (Å²) in [7, 11) is 10.3. The van der Waals surface area contributed by atoms with E-state index in [9.17, 15) is 9.59 Å². The summed E-state index contributed by atoms with van der Waals surface area (Å²) >= 11 is 3.47. The number of fused-ring (bicyclic) bond motifs is 2. The highest BCUT2D eigenvalue weighted by Crippen LogP contribution is 2.27. The number of likely N-dealkylation sites (N-methyl/N-ethyl adjacent to an activating group) is 2. The van der Waals surface area contributed by atoms with E-state index in [1.54, 1.807) is 0 Å². The fourth-order valence-corrected chi connectivity index (χ4v) is 6.69. The van der Waals surface area contributed by atoms with E-state index in [1.165, 1.54) is 22.0 Å². The molecule has 0 saturated heterocycles. The van der Waals surface area contributed by atoms with Crippen LogP contribution in [0.4, 0.5) is 32.3 Å². The molecule has 5 N–H and O–H groups in total. The van der Waals surface area contributed by atoms with E-state index < -0.39 is 0 Å². The normalized spacial score (nSPS) is 11.1. The van der Waals surface area contributed by atoms with E-state index in [4.69, 9.17) is 4.74 Å². The van der Waals surface area contributed by atoms with Crippen LogP contribution in [0, 0.1) is 6.92 Å². The molecule has 0 aliphatic rings. The number of anilines is 4. The van der Waals surface area contributed by atoms with Gasteiger partial charge in [0.25, 0.3) is 0 Å². The summed E-state index contributed by atoms with van der Waals surface area (Å²) in [6, 6.07) is 34.0. The lowest BCUT2D eigenvalue weighted by Gasteiger charge is -2.10. The molecular weight excluding hydrogens is 792 g/mol. The molecule has 5 aromatic carbocycles. The van der Waals surface area contributed by atoms with E-state index in [2.05, 4.69) is 98.0 Å². The molecule has 0 aliphatic carbocycles. The van der Waals surface area contributed by atoms with Crippen LogP contribution in [0.15, 0.2) is 126 Å². The number of aryl methyl sites for hydroxylation is 2. The van der Waals surface area contributed by atoms with E-state index in [1.807, 2.05) is 122 Å². The quantitative estimate of drug-likeness (QED) is 0.0839. The number of para-hydroxylation sites is 1. The van der Waals surface area contributed by atoms with Gasteiger partial charge in [-0.05, 0) is 156 Å². The average molecular weight is 844 g/mol. The Morgan fingerprint density at radius 1 is 0.655 bits per heavy atom. The third-order valence-electron chi connectivity index (χ3n) is 9.52. The summed E-state index contributed by atoms with van der Waals surface area (Å²) < 4.78 is 8.93. The van der Waals surface area contributed by atoms with Crippen molar-refractivity contribution in [3.05, 3.63) is 143 Å². The van der Waals surface area contributed by atoms with Gasteiger partial charge in [0.05, 0.1) is 0 Å². The van der Waals surface area contributed by atoms with Crippen LogP contribution in [0.25, 0.3) is 21.8 Å². The minimum atomic E-state index is -0.290. The third kappa shape index (κ3) is 11.5. The second-order valence-corrected chi connectivity index (χ2v) is 15.6. The number of aromatic amines is 1. The van der Waals surface area contributed by atoms with Crippen LogP contribution in [-0.4, -0.2) is 72.7 Å². The van der Waals surface area contributed by atoms with Gasteiger partial charge in [-0.25, -0.2) is 9.59 Å². The Kier molecular flexibility index (Phi) is 13.9. The Morgan fingerprint density at radius 2 is 1.19 bits per heavy atom. The van der Waals surface area contributed by atoms with Gasteiger partial charge >= 0.3 is 12.1 Å². The number of nitrogens with zero attached hydrogens (tertiary/aromatic N) is 3. The second-order valence-electron chi connectivity index (χ2n) is 14.7. The maximum atomic E-state index is 12.5. The zero-order valence-electron chi connectivity index (χ0n) is 33.8. The van der Waals surface area contributed by atoms with Gasteiger partial charge < -0.3 is 45.4 Å². The van der Waals surface area contributed by atoms with Crippen molar-refractivity contribution in [1.82, 2.24) is 19.4 Å². The highest BCUT2D eigenvalue weighted by molar-refractivity contribution is 9.10. The van der Waals surface area contributed by atoms with Crippen LogP contribution in [0.5, 0.6) is 11.5 Å². The smallest absolute Gasteiger partial charge is 0.323 e. The summed E-state index contributed by atoms with van der Waals surface area (Å²) in [4.78, 5) is 32.5. The van der Waals surface area contributed by atoms with Crippen molar-refractivity contribution in [3.63, 3.8) is 0 Å². The second kappa shape index (κ2) is 19.4. The molecule has 0 spiro atoms. The zero-order chi connectivity index (χ0) is 41.2. The number of aromatic nitrogens is 2. The van der Waals surface area contributed by atoms with Gasteiger partial charge in [-0.2, -0.15) is 0 Å². The lowest BCUT2D eigenvalue weighted by molar-refractivity contribution is 0.261. The molecule has 11 nitrogen and oxygen atoms in total. The SMILES string of the molecule is CN(C)CCc1c[nH]c2ccc(NC(=O)Nc3ccc(Oc4ccccc4)cc3)cc12.Cc1cc(NC(=O)Nc2ccc3c(c2)c(CCN(C)C)cn3C)ccc1Br. The van der Waals surface area contributed by atoms with Crippen LogP contribution >= 0.6 is 15.9 Å². The molecule has 2 aromatic heterocycles. The number of urea groups is 2. The van der Waals surface area contributed by atoms with E-state index in [0.717, 1.165) is 69.7 Å². The fraction of sp³-hybridized carbons (Fsp3) is 0.217. The minimum Gasteiger partial charge on any atom is -0.457 e. The van der Waals surface area contributed by atoms with Gasteiger partial charge in [-0.1, -0.05) is 34.1 Å². The van der Waals surface area contributed by atoms with Gasteiger partial charge in [0.15, 0.2) is 0 Å². The molecule has 0 aliphatic heterocycles. The Labute approximate surface area is 348 Å². The number of hydrogen-bond donors (Lipinski definition) is 5. The maximum absolute atomic E-state index is 12.5. The number of halogens is 1. The number of hydrogen-bond acceptors (Lipinski definition) is 5. The monoisotopic (exact) mass is 842 g/mol. The van der Waals surface area contributed by atoms with Crippen LogP contribution < -0.4 is 26.0 Å². The van der Waals surface area contributed by atoms with Gasteiger partial charge in [-0.3, -0.25) is 0 Å². The van der Waals surface area contributed by atoms with Gasteiger partial charge in [0.2, 0.25) is 0 Å². The van der Waals surface area contributed by atoms with E-state index >= 15 is 0 Å². The number of carbonyl (C=O) groups excluding carboxylic acids is 2. The zero-order valence-corrected chi connectivity index (χ0v) is 35.4. The number of H-pyrrole nitrogens is 1. The molecule has 0 radical (unpaired) electrons. The summed E-state index contributed by atoms with van der Waals surface area (Å²) in [5.41, 5.74) is 8.81. The van der Waals surface area contributed by atoms with Crippen molar-refractivity contribution >= 4 is 72.5 Å². The number of amides is 4. The molecule has 7 rings (SSSR count). The first-order chi connectivity index (χ1) is 27.9. The molecule has 0 fully saturated rings. The molecule has 7 aromatic rings. The molecule has 300 valence electrons. The Hall–Kier alpha value is -6.08. The van der Waals surface area contributed by atoms with Crippen molar-refractivity contribution in [2.75, 3.05) is 62.5 Å². The largest absolute Gasteiger partial charge is 0.457 e. The number of carbonyl (C=O) groups is 2. The summed E-state index contributed by atoms with van der Waals surface area (Å²) in [6.45, 7) is 3.95. The predicted molar refractivity (Wildman–Crippen MR) is 243 cm³/mol. The van der Waals surface area contributed by atoms with Gasteiger partial charge in [-0.15, -0.1) is 0 Å². The molecule has 0 unspecified atom stereocenters. The molecule has 2 heterocycles. The summed E-state index contributed by atoms with van der Waals surface area (Å²) in [5, 5.41) is 13.9. The van der Waals surface area contributed by atoms with Crippen molar-refractivity contribution < 1.29 is 14.3 Å². The first-order valence-electron chi connectivity index (χ1n) is 19.1. The summed E-state index contributed by atoms with van der Waals surface area (Å²) in [5.74, 6) is 1.48. The van der Waals surface area contributed by atoms with Crippen molar-refractivity contribution in [2.24, 2.45) is 7.05 Å². The Bertz CT molecular complexity index is 2480. The highest BCUT2D eigenvalue weighted by Gasteiger charge is 2.11.